The SMILES string of the molecule is CCCNC(Cc1cccc(F)c1Br)c1ccc(F)cc1. The zero-order valence-electron chi connectivity index (χ0n) is 11.9. The molecule has 0 aromatic heterocycles. The first-order valence-electron chi connectivity index (χ1n) is 7.03. The number of hydrogen-bond acceptors (Lipinski definition) is 1. The van der Waals surface area contributed by atoms with Crippen LogP contribution in [-0.4, -0.2) is 6.54 Å². The summed E-state index contributed by atoms with van der Waals surface area (Å²) in [4.78, 5) is 0. The molecule has 1 nitrogen and oxygen atoms in total. The molecule has 0 fully saturated rings. The third kappa shape index (κ3) is 4.35. The van der Waals surface area contributed by atoms with Crippen LogP contribution in [-0.2, 0) is 6.42 Å². The van der Waals surface area contributed by atoms with Gasteiger partial charge < -0.3 is 5.32 Å². The summed E-state index contributed by atoms with van der Waals surface area (Å²) in [6.07, 6.45) is 1.64. The second-order valence-corrected chi connectivity index (χ2v) is 5.77. The lowest BCUT2D eigenvalue weighted by Gasteiger charge is -2.20. The minimum atomic E-state index is -0.263. The number of nitrogens with one attached hydrogen (secondary N) is 1. The van der Waals surface area contributed by atoms with E-state index in [0.29, 0.717) is 10.9 Å². The predicted molar refractivity (Wildman–Crippen MR) is 85.2 cm³/mol. The van der Waals surface area contributed by atoms with E-state index in [4.69, 9.17) is 0 Å². The highest BCUT2D eigenvalue weighted by atomic mass is 79.9. The van der Waals surface area contributed by atoms with E-state index in [-0.39, 0.29) is 17.7 Å². The van der Waals surface area contributed by atoms with Gasteiger partial charge >= 0.3 is 0 Å². The van der Waals surface area contributed by atoms with E-state index in [1.165, 1.54) is 18.2 Å². The molecule has 0 saturated carbocycles. The molecule has 0 heterocycles. The number of rotatable bonds is 6. The summed E-state index contributed by atoms with van der Waals surface area (Å²) in [6, 6.07) is 11.5. The molecule has 0 saturated heterocycles. The van der Waals surface area contributed by atoms with Crippen LogP contribution in [0.5, 0.6) is 0 Å². The fraction of sp³-hybridized carbons (Fsp3) is 0.294. The van der Waals surface area contributed by atoms with Gasteiger partial charge in [0.05, 0.1) is 4.47 Å². The quantitative estimate of drug-likeness (QED) is 0.769. The average Bonchev–Trinajstić information content (AvgIpc) is 2.49. The number of benzene rings is 2. The monoisotopic (exact) mass is 353 g/mol. The fourth-order valence-electron chi connectivity index (χ4n) is 2.25. The van der Waals surface area contributed by atoms with E-state index in [9.17, 15) is 8.78 Å². The van der Waals surface area contributed by atoms with Crippen LogP contribution in [0.3, 0.4) is 0 Å². The summed E-state index contributed by atoms with van der Waals surface area (Å²) in [5, 5.41) is 3.43. The van der Waals surface area contributed by atoms with Crippen LogP contribution >= 0.6 is 15.9 Å². The molecule has 0 aliphatic heterocycles. The van der Waals surface area contributed by atoms with Crippen LogP contribution in [0, 0.1) is 11.6 Å². The molecule has 2 aromatic carbocycles. The first-order valence-corrected chi connectivity index (χ1v) is 7.83. The first-order chi connectivity index (χ1) is 10.1. The summed E-state index contributed by atoms with van der Waals surface area (Å²) in [7, 11) is 0. The van der Waals surface area contributed by atoms with Crippen molar-refractivity contribution in [1.82, 2.24) is 5.32 Å². The highest BCUT2D eigenvalue weighted by Crippen LogP contribution is 2.26. The van der Waals surface area contributed by atoms with Crippen LogP contribution in [0.2, 0.25) is 0 Å². The molecule has 21 heavy (non-hydrogen) atoms. The zero-order chi connectivity index (χ0) is 15.2. The van der Waals surface area contributed by atoms with Crippen LogP contribution < -0.4 is 5.32 Å². The molecule has 2 aromatic rings. The van der Waals surface area contributed by atoms with Crippen molar-refractivity contribution in [2.75, 3.05) is 6.54 Å². The molecule has 0 aliphatic rings. The molecule has 0 radical (unpaired) electrons. The van der Waals surface area contributed by atoms with Gasteiger partial charge in [-0.1, -0.05) is 31.2 Å². The maximum atomic E-state index is 13.6. The van der Waals surface area contributed by atoms with Gasteiger partial charge in [-0.2, -0.15) is 0 Å². The molecule has 0 spiro atoms. The maximum absolute atomic E-state index is 13.6. The van der Waals surface area contributed by atoms with Gasteiger partial charge in [0.2, 0.25) is 0 Å². The molecular weight excluding hydrogens is 336 g/mol. The van der Waals surface area contributed by atoms with Gasteiger partial charge in [-0.3, -0.25) is 0 Å². The van der Waals surface area contributed by atoms with Crippen LogP contribution in [0.25, 0.3) is 0 Å². The molecule has 1 N–H and O–H groups in total. The predicted octanol–water partition coefficient (Wildman–Crippen LogP) is 5.01. The maximum Gasteiger partial charge on any atom is 0.137 e. The fourth-order valence-corrected chi connectivity index (χ4v) is 2.67. The minimum absolute atomic E-state index is 0.0312. The highest BCUT2D eigenvalue weighted by molar-refractivity contribution is 9.10. The van der Waals surface area contributed by atoms with Crippen molar-refractivity contribution in [1.29, 1.82) is 0 Å². The van der Waals surface area contributed by atoms with Gasteiger partial charge in [-0.15, -0.1) is 0 Å². The van der Waals surface area contributed by atoms with Crippen molar-refractivity contribution < 1.29 is 8.78 Å². The van der Waals surface area contributed by atoms with Gasteiger partial charge in [0.25, 0.3) is 0 Å². The number of hydrogen-bond donors (Lipinski definition) is 1. The summed E-state index contributed by atoms with van der Waals surface area (Å²) < 4.78 is 27.2. The van der Waals surface area contributed by atoms with Crippen molar-refractivity contribution in [3.63, 3.8) is 0 Å². The second kappa shape index (κ2) is 7.66. The zero-order valence-corrected chi connectivity index (χ0v) is 13.5. The van der Waals surface area contributed by atoms with E-state index in [0.717, 1.165) is 24.1 Å². The summed E-state index contributed by atoms with van der Waals surface area (Å²) in [5.74, 6) is -0.513. The minimum Gasteiger partial charge on any atom is -0.310 e. The van der Waals surface area contributed by atoms with Crippen molar-refractivity contribution in [2.45, 2.75) is 25.8 Å². The Morgan fingerprint density at radius 3 is 2.48 bits per heavy atom. The largest absolute Gasteiger partial charge is 0.310 e. The van der Waals surface area contributed by atoms with Crippen LogP contribution in [0.15, 0.2) is 46.9 Å². The van der Waals surface area contributed by atoms with Crippen LogP contribution in [0.4, 0.5) is 8.78 Å². The third-order valence-electron chi connectivity index (χ3n) is 3.37. The Bertz CT molecular complexity index is 584. The Hall–Kier alpha value is -1.26. The Balaban J connectivity index is 2.23. The molecule has 112 valence electrons. The van der Waals surface area contributed by atoms with Gasteiger partial charge in [0, 0.05) is 6.04 Å². The van der Waals surface area contributed by atoms with Gasteiger partial charge in [0.15, 0.2) is 0 Å². The summed E-state index contributed by atoms with van der Waals surface area (Å²) >= 11 is 3.30. The van der Waals surface area contributed by atoms with E-state index in [2.05, 4.69) is 28.2 Å². The smallest absolute Gasteiger partial charge is 0.137 e. The van der Waals surface area contributed by atoms with Gasteiger partial charge in [0.1, 0.15) is 11.6 Å². The standard InChI is InChI=1S/C17H18BrF2N/c1-2-10-21-16(12-6-8-14(19)9-7-12)11-13-4-3-5-15(20)17(13)18/h3-9,16,21H,2,10-11H2,1H3. The van der Waals surface area contributed by atoms with E-state index < -0.39 is 0 Å². The first kappa shape index (κ1) is 16.1. The Morgan fingerprint density at radius 1 is 1.10 bits per heavy atom. The molecule has 2 rings (SSSR count). The second-order valence-electron chi connectivity index (χ2n) is 4.98. The van der Waals surface area contributed by atoms with Crippen molar-refractivity contribution in [2.24, 2.45) is 0 Å². The van der Waals surface area contributed by atoms with E-state index >= 15 is 0 Å². The lowest BCUT2D eigenvalue weighted by atomic mass is 9.98. The molecule has 0 bridgehead atoms. The lowest BCUT2D eigenvalue weighted by molar-refractivity contribution is 0.524. The Kier molecular flexibility index (Phi) is 5.88. The Morgan fingerprint density at radius 2 is 1.81 bits per heavy atom. The number of halogens is 3. The lowest BCUT2D eigenvalue weighted by Crippen LogP contribution is -2.24. The topological polar surface area (TPSA) is 12.0 Å². The van der Waals surface area contributed by atoms with Gasteiger partial charge in [-0.05, 0) is 64.6 Å². The summed E-state index contributed by atoms with van der Waals surface area (Å²) in [5.41, 5.74) is 1.90. The van der Waals surface area contributed by atoms with E-state index in [1.54, 1.807) is 18.2 Å². The van der Waals surface area contributed by atoms with Crippen molar-refractivity contribution >= 4 is 15.9 Å². The molecule has 0 aliphatic carbocycles. The Labute approximate surface area is 132 Å². The third-order valence-corrected chi connectivity index (χ3v) is 4.26. The van der Waals surface area contributed by atoms with Crippen LogP contribution in [0.1, 0.15) is 30.5 Å². The molecule has 1 unspecified atom stereocenters. The normalized spacial score (nSPS) is 12.4. The molecule has 4 heteroatoms. The summed E-state index contributed by atoms with van der Waals surface area (Å²) in [6.45, 7) is 2.95. The van der Waals surface area contributed by atoms with Crippen molar-refractivity contribution in [3.8, 4) is 0 Å². The van der Waals surface area contributed by atoms with Crippen molar-refractivity contribution in [3.05, 3.63) is 69.7 Å². The highest BCUT2D eigenvalue weighted by Gasteiger charge is 2.14. The van der Waals surface area contributed by atoms with Gasteiger partial charge in [-0.25, -0.2) is 8.78 Å². The molecule has 1 atom stereocenters. The molecular formula is C17H18BrF2N. The average molecular weight is 354 g/mol. The molecule has 0 amide bonds. The van der Waals surface area contributed by atoms with E-state index in [1.807, 2.05) is 6.07 Å².